The molecule has 1 fully saturated rings. The largest absolute Gasteiger partial charge is 0.461 e. The Kier molecular flexibility index (Phi) is 3.41. The van der Waals surface area contributed by atoms with Gasteiger partial charge in [0.05, 0.1) is 5.56 Å². The van der Waals surface area contributed by atoms with Crippen LogP contribution in [0.3, 0.4) is 0 Å². The first kappa shape index (κ1) is 13.7. The predicted octanol–water partition coefficient (Wildman–Crippen LogP) is 2.05. The van der Waals surface area contributed by atoms with Crippen molar-refractivity contribution in [3.63, 3.8) is 0 Å². The predicted molar refractivity (Wildman–Crippen MR) is 79.1 cm³/mol. The molecule has 0 unspecified atom stereocenters. The quantitative estimate of drug-likeness (QED) is 0.806. The molecule has 21 heavy (non-hydrogen) atoms. The lowest BCUT2D eigenvalue weighted by Crippen LogP contribution is -2.50. The summed E-state index contributed by atoms with van der Waals surface area (Å²) in [4.78, 5) is 27.6. The molecular weight excluding hydrogens is 268 g/mol. The molecule has 0 spiro atoms. The Bertz CT molecular complexity index is 697. The summed E-state index contributed by atoms with van der Waals surface area (Å²) in [5, 5.41) is 0.856. The fourth-order valence-corrected chi connectivity index (χ4v) is 2.82. The standard InChI is InChI=1S/C16H18N2O3/c1-11-15(13-5-3-4-6-14(13)21-11)16(20)18-9-7-17(8-10-18)12(2)19/h3-6H,7-10H2,1-2H3. The molecule has 0 bridgehead atoms. The molecule has 2 amide bonds. The summed E-state index contributed by atoms with van der Waals surface area (Å²) in [7, 11) is 0. The number of hydrogen-bond donors (Lipinski definition) is 0. The van der Waals surface area contributed by atoms with Crippen LogP contribution in [0.1, 0.15) is 23.0 Å². The number of nitrogens with zero attached hydrogens (tertiary/aromatic N) is 2. The van der Waals surface area contributed by atoms with Crippen LogP contribution in [-0.2, 0) is 4.79 Å². The first-order valence-electron chi connectivity index (χ1n) is 7.11. The highest BCUT2D eigenvalue weighted by molar-refractivity contribution is 6.07. The highest BCUT2D eigenvalue weighted by atomic mass is 16.3. The molecule has 110 valence electrons. The van der Waals surface area contributed by atoms with E-state index in [0.29, 0.717) is 37.5 Å². The monoisotopic (exact) mass is 286 g/mol. The van der Waals surface area contributed by atoms with Gasteiger partial charge < -0.3 is 14.2 Å². The van der Waals surface area contributed by atoms with Crippen LogP contribution in [0.15, 0.2) is 28.7 Å². The van der Waals surface area contributed by atoms with Crippen molar-refractivity contribution in [2.75, 3.05) is 26.2 Å². The van der Waals surface area contributed by atoms with Gasteiger partial charge in [0.25, 0.3) is 5.91 Å². The second-order valence-electron chi connectivity index (χ2n) is 5.33. The van der Waals surface area contributed by atoms with E-state index in [-0.39, 0.29) is 11.8 Å². The van der Waals surface area contributed by atoms with Gasteiger partial charge in [-0.15, -0.1) is 0 Å². The third-order valence-corrected chi connectivity index (χ3v) is 4.00. The number of furan rings is 1. The molecule has 1 aliphatic heterocycles. The molecular formula is C16H18N2O3. The molecule has 0 atom stereocenters. The van der Waals surface area contributed by atoms with Crippen LogP contribution < -0.4 is 0 Å². The van der Waals surface area contributed by atoms with Gasteiger partial charge in [-0.1, -0.05) is 18.2 Å². The molecule has 0 saturated carbocycles. The van der Waals surface area contributed by atoms with E-state index in [1.807, 2.05) is 31.2 Å². The Morgan fingerprint density at radius 3 is 2.33 bits per heavy atom. The minimum Gasteiger partial charge on any atom is -0.461 e. The SMILES string of the molecule is CC(=O)N1CCN(C(=O)c2c(C)oc3ccccc23)CC1. The van der Waals surface area contributed by atoms with Crippen LogP contribution >= 0.6 is 0 Å². The van der Waals surface area contributed by atoms with Crippen molar-refractivity contribution in [2.24, 2.45) is 0 Å². The van der Waals surface area contributed by atoms with E-state index >= 15 is 0 Å². The lowest BCUT2D eigenvalue weighted by Gasteiger charge is -2.34. The van der Waals surface area contributed by atoms with Gasteiger partial charge in [0.15, 0.2) is 0 Å². The topological polar surface area (TPSA) is 53.8 Å². The number of hydrogen-bond acceptors (Lipinski definition) is 3. The zero-order valence-corrected chi connectivity index (χ0v) is 12.3. The smallest absolute Gasteiger partial charge is 0.258 e. The molecule has 0 aliphatic carbocycles. The van der Waals surface area contributed by atoms with Gasteiger partial charge in [-0.05, 0) is 13.0 Å². The third kappa shape index (κ3) is 2.39. The molecule has 0 N–H and O–H groups in total. The number of carbonyl (C=O) groups excluding carboxylic acids is 2. The lowest BCUT2D eigenvalue weighted by atomic mass is 10.1. The molecule has 0 radical (unpaired) electrons. The number of benzene rings is 1. The molecule has 1 aliphatic rings. The zero-order valence-electron chi connectivity index (χ0n) is 12.3. The average Bonchev–Trinajstić information content (AvgIpc) is 2.82. The number of para-hydroxylation sites is 1. The molecule has 3 rings (SSSR count). The van der Waals surface area contributed by atoms with Crippen LogP contribution in [0.4, 0.5) is 0 Å². The lowest BCUT2D eigenvalue weighted by molar-refractivity contribution is -0.130. The molecule has 2 aromatic rings. The summed E-state index contributed by atoms with van der Waals surface area (Å²) >= 11 is 0. The highest BCUT2D eigenvalue weighted by Gasteiger charge is 2.27. The Hall–Kier alpha value is -2.30. The molecule has 5 heteroatoms. The van der Waals surface area contributed by atoms with Gasteiger partial charge in [0.1, 0.15) is 11.3 Å². The number of rotatable bonds is 1. The summed E-state index contributed by atoms with van der Waals surface area (Å²) in [6, 6.07) is 7.57. The maximum absolute atomic E-state index is 12.7. The summed E-state index contributed by atoms with van der Waals surface area (Å²) < 4.78 is 5.66. The van der Waals surface area contributed by atoms with Gasteiger partial charge in [0.2, 0.25) is 5.91 Å². The number of piperazine rings is 1. The molecule has 5 nitrogen and oxygen atoms in total. The number of fused-ring (bicyclic) bond motifs is 1. The van der Waals surface area contributed by atoms with Gasteiger partial charge >= 0.3 is 0 Å². The Labute approximate surface area is 123 Å². The van der Waals surface area contributed by atoms with Crippen molar-refractivity contribution < 1.29 is 14.0 Å². The fraction of sp³-hybridized carbons (Fsp3) is 0.375. The Morgan fingerprint density at radius 2 is 1.67 bits per heavy atom. The first-order valence-corrected chi connectivity index (χ1v) is 7.11. The summed E-state index contributed by atoms with van der Waals surface area (Å²) in [5.74, 6) is 0.697. The minimum atomic E-state index is -0.0133. The molecule has 1 aromatic carbocycles. The normalized spacial score (nSPS) is 15.5. The van der Waals surface area contributed by atoms with Crippen molar-refractivity contribution in [1.82, 2.24) is 9.80 Å². The Morgan fingerprint density at radius 1 is 1.05 bits per heavy atom. The van der Waals surface area contributed by atoms with Crippen molar-refractivity contribution in [2.45, 2.75) is 13.8 Å². The van der Waals surface area contributed by atoms with E-state index in [4.69, 9.17) is 4.42 Å². The van der Waals surface area contributed by atoms with E-state index < -0.39 is 0 Å². The van der Waals surface area contributed by atoms with Crippen molar-refractivity contribution >= 4 is 22.8 Å². The van der Waals surface area contributed by atoms with E-state index in [2.05, 4.69) is 0 Å². The van der Waals surface area contributed by atoms with E-state index in [1.165, 1.54) is 0 Å². The summed E-state index contributed by atoms with van der Waals surface area (Å²) in [6.07, 6.45) is 0. The van der Waals surface area contributed by atoms with Crippen molar-refractivity contribution in [1.29, 1.82) is 0 Å². The van der Waals surface area contributed by atoms with Crippen LogP contribution in [0.25, 0.3) is 11.0 Å². The zero-order chi connectivity index (χ0) is 15.0. The van der Waals surface area contributed by atoms with Crippen LogP contribution in [0, 0.1) is 6.92 Å². The van der Waals surface area contributed by atoms with Crippen molar-refractivity contribution in [3.8, 4) is 0 Å². The fourth-order valence-electron chi connectivity index (χ4n) is 2.82. The van der Waals surface area contributed by atoms with Gasteiger partial charge in [0, 0.05) is 38.5 Å². The summed E-state index contributed by atoms with van der Waals surface area (Å²) in [5.41, 5.74) is 1.38. The third-order valence-electron chi connectivity index (χ3n) is 4.00. The van der Waals surface area contributed by atoms with Crippen LogP contribution in [0.2, 0.25) is 0 Å². The van der Waals surface area contributed by atoms with E-state index in [1.54, 1.807) is 16.7 Å². The maximum Gasteiger partial charge on any atom is 0.258 e. The first-order chi connectivity index (χ1) is 10.1. The molecule has 1 saturated heterocycles. The molecule has 2 heterocycles. The molecule has 1 aromatic heterocycles. The average molecular weight is 286 g/mol. The Balaban J connectivity index is 1.85. The van der Waals surface area contributed by atoms with Crippen LogP contribution in [-0.4, -0.2) is 47.8 Å². The number of carbonyl (C=O) groups is 2. The van der Waals surface area contributed by atoms with Crippen molar-refractivity contribution in [3.05, 3.63) is 35.6 Å². The number of amides is 2. The van der Waals surface area contributed by atoms with Gasteiger partial charge in [-0.25, -0.2) is 0 Å². The van der Waals surface area contributed by atoms with Crippen LogP contribution in [0.5, 0.6) is 0 Å². The second kappa shape index (κ2) is 5.24. The second-order valence-corrected chi connectivity index (χ2v) is 5.33. The van der Waals surface area contributed by atoms with Gasteiger partial charge in [-0.3, -0.25) is 9.59 Å². The minimum absolute atomic E-state index is 0.0133. The maximum atomic E-state index is 12.7. The van der Waals surface area contributed by atoms with Gasteiger partial charge in [-0.2, -0.15) is 0 Å². The van der Waals surface area contributed by atoms with E-state index in [9.17, 15) is 9.59 Å². The van der Waals surface area contributed by atoms with E-state index in [0.717, 1.165) is 11.0 Å². The summed E-state index contributed by atoms with van der Waals surface area (Å²) in [6.45, 7) is 5.70. The highest BCUT2D eigenvalue weighted by Crippen LogP contribution is 2.26. The number of aryl methyl sites for hydroxylation is 1.